The zero-order chi connectivity index (χ0) is 37.8. The highest BCUT2D eigenvalue weighted by molar-refractivity contribution is 5.84. The summed E-state index contributed by atoms with van der Waals surface area (Å²) in [5, 5.41) is 2.05. The fraction of sp³-hybridized carbons (Fsp3) is 0.500. The molecule has 2 saturated carbocycles. The quantitative estimate of drug-likeness (QED) is 0.177. The number of nitrogens with zero attached hydrogens (tertiary/aromatic N) is 4. The second-order valence-electron chi connectivity index (χ2n) is 14.7. The number of hydrogen-bond donors (Lipinski definition) is 0. The number of fused-ring (bicyclic) bond motifs is 2. The van der Waals surface area contributed by atoms with Gasteiger partial charge in [-0.2, -0.15) is 0 Å². The fourth-order valence-electron chi connectivity index (χ4n) is 8.12. The molecule has 0 amide bonds. The van der Waals surface area contributed by atoms with Gasteiger partial charge in [-0.1, -0.05) is 0 Å². The Morgan fingerprint density at radius 2 is 1.09 bits per heavy atom. The Bertz CT molecular complexity index is 2200. The van der Waals surface area contributed by atoms with Crippen LogP contribution in [0.4, 0.5) is 0 Å². The van der Waals surface area contributed by atoms with Crippen LogP contribution in [-0.4, -0.2) is 59.2 Å². The first-order valence-corrected chi connectivity index (χ1v) is 18.4. The number of ketones is 1. The van der Waals surface area contributed by atoms with E-state index in [0.29, 0.717) is 70.6 Å². The predicted molar refractivity (Wildman–Crippen MR) is 203 cm³/mol. The summed E-state index contributed by atoms with van der Waals surface area (Å²) in [6.45, 7) is 21.5. The van der Waals surface area contributed by atoms with E-state index in [1.165, 1.54) is 0 Å². The molecule has 4 aromatic rings. The normalized spacial score (nSPS) is 18.6. The van der Waals surface area contributed by atoms with E-state index in [9.17, 15) is 14.4 Å². The number of pyridine rings is 2. The summed E-state index contributed by atoms with van der Waals surface area (Å²) in [4.78, 5) is 44.7. The maximum absolute atomic E-state index is 12.7. The standard InChI is InChI=1S/C22H26N2O4.C20H22N2O3/c1-16-14-20(25)24(19-15-17(26-3)4-5-18(16)19)11-10-21(23-2)6-8-22(9-7-21)27-12-13-28-22;1-14-12-19(24)22(18-13-16(25-3)4-5-17(14)18)11-10-20(21-2)8-6-15(23)7-9-20/h4-5,14-15H,6-13H2,1,3H3;4-5,12-13H,6-11H2,1,3H3. The van der Waals surface area contributed by atoms with E-state index in [0.717, 1.165) is 64.4 Å². The number of carbonyl (C=O) groups excluding carboxylic acids is 1. The van der Waals surface area contributed by atoms with Crippen molar-refractivity contribution >= 4 is 27.6 Å². The van der Waals surface area contributed by atoms with Crippen molar-refractivity contribution < 1.29 is 23.7 Å². The summed E-state index contributed by atoms with van der Waals surface area (Å²) in [7, 11) is 3.23. The first-order chi connectivity index (χ1) is 25.5. The molecule has 278 valence electrons. The van der Waals surface area contributed by atoms with Gasteiger partial charge in [0.25, 0.3) is 11.1 Å². The van der Waals surface area contributed by atoms with Crippen LogP contribution >= 0.6 is 0 Å². The number of ether oxygens (including phenoxy) is 4. The molecule has 3 fully saturated rings. The number of aryl methyl sites for hydroxylation is 4. The lowest BCUT2D eigenvalue weighted by atomic mass is 9.77. The number of rotatable bonds is 8. The highest BCUT2D eigenvalue weighted by Gasteiger charge is 2.50. The summed E-state index contributed by atoms with van der Waals surface area (Å²) in [5.74, 6) is 1.19. The van der Waals surface area contributed by atoms with E-state index >= 15 is 0 Å². The molecule has 1 saturated heterocycles. The SMILES string of the molecule is [C-]#[N+]C1(CCn2c(=O)cc(C)c3ccc(OC)cc32)CCC(=O)CC1.[C-]#[N+]C1(CCn2c(=O)cc(C)c3ccc(OC)cc32)CCC2(CC1)OCCO2. The van der Waals surface area contributed by atoms with Gasteiger partial charge in [0, 0.05) is 112 Å². The van der Waals surface area contributed by atoms with E-state index in [2.05, 4.69) is 9.69 Å². The topological polar surface area (TPSA) is 107 Å². The minimum Gasteiger partial charge on any atom is -0.497 e. The zero-order valence-electron chi connectivity index (χ0n) is 31.2. The van der Waals surface area contributed by atoms with Gasteiger partial charge in [-0.05, 0) is 49.2 Å². The van der Waals surface area contributed by atoms with Gasteiger partial charge in [0.15, 0.2) is 5.79 Å². The number of aromatic nitrogens is 2. The first kappa shape index (κ1) is 37.8. The molecular weight excluding hydrogens is 672 g/mol. The zero-order valence-corrected chi connectivity index (χ0v) is 31.2. The van der Waals surface area contributed by atoms with Crippen molar-refractivity contribution in [2.45, 2.75) is 108 Å². The molecule has 0 bridgehead atoms. The summed E-state index contributed by atoms with van der Waals surface area (Å²) < 4.78 is 25.8. The van der Waals surface area contributed by atoms with Gasteiger partial charge in [-0.25, -0.2) is 13.1 Å². The van der Waals surface area contributed by atoms with Crippen molar-refractivity contribution in [2.24, 2.45) is 0 Å². The van der Waals surface area contributed by atoms with Crippen LogP contribution < -0.4 is 20.6 Å². The number of hydrogen-bond acceptors (Lipinski definition) is 7. The predicted octanol–water partition coefficient (Wildman–Crippen LogP) is 7.19. The molecule has 3 aliphatic rings. The molecule has 0 unspecified atom stereocenters. The number of benzene rings is 2. The Balaban J connectivity index is 0.000000183. The lowest BCUT2D eigenvalue weighted by Gasteiger charge is -2.37. The maximum atomic E-state index is 12.7. The second-order valence-corrected chi connectivity index (χ2v) is 14.7. The Morgan fingerprint density at radius 1 is 0.660 bits per heavy atom. The average Bonchev–Trinajstić information content (AvgIpc) is 3.64. The third-order valence-electron chi connectivity index (χ3n) is 11.6. The van der Waals surface area contributed by atoms with Crippen molar-refractivity contribution in [1.29, 1.82) is 0 Å². The van der Waals surface area contributed by atoms with Crippen molar-refractivity contribution in [3.63, 3.8) is 0 Å². The van der Waals surface area contributed by atoms with Crippen LogP contribution in [0.1, 0.15) is 75.3 Å². The molecule has 1 spiro atoms. The summed E-state index contributed by atoms with van der Waals surface area (Å²) in [5.41, 5.74) is 2.49. The molecule has 11 nitrogen and oxygen atoms in total. The van der Waals surface area contributed by atoms with E-state index in [-0.39, 0.29) is 16.9 Å². The third kappa shape index (κ3) is 7.88. The molecule has 3 heterocycles. The summed E-state index contributed by atoms with van der Waals surface area (Å²) in [6, 6.07) is 14.8. The van der Waals surface area contributed by atoms with Crippen LogP contribution in [0.3, 0.4) is 0 Å². The van der Waals surface area contributed by atoms with Gasteiger partial charge in [-0.3, -0.25) is 14.4 Å². The summed E-state index contributed by atoms with van der Waals surface area (Å²) >= 11 is 0. The Kier molecular flexibility index (Phi) is 11.1. The van der Waals surface area contributed by atoms with E-state index in [1.54, 1.807) is 35.5 Å². The molecule has 2 aromatic heterocycles. The van der Waals surface area contributed by atoms with Crippen LogP contribution in [-0.2, 0) is 27.4 Å². The van der Waals surface area contributed by atoms with Gasteiger partial charge < -0.3 is 37.8 Å². The molecule has 0 atom stereocenters. The smallest absolute Gasteiger partial charge is 0.251 e. The van der Waals surface area contributed by atoms with Crippen molar-refractivity contribution in [2.75, 3.05) is 27.4 Å². The van der Waals surface area contributed by atoms with E-state index < -0.39 is 16.9 Å². The molecule has 0 N–H and O–H groups in total. The van der Waals surface area contributed by atoms with Crippen LogP contribution in [0.5, 0.6) is 11.5 Å². The van der Waals surface area contributed by atoms with Crippen molar-refractivity contribution in [1.82, 2.24) is 9.13 Å². The number of carbonyl (C=O) groups is 1. The second kappa shape index (κ2) is 15.6. The number of Topliss-reactive ketones (excluding diaryl/α,β-unsaturated/α-hetero) is 1. The molecule has 1 aliphatic heterocycles. The van der Waals surface area contributed by atoms with Gasteiger partial charge in [0.2, 0.25) is 11.1 Å². The molecular formula is C42H48N4O7. The van der Waals surface area contributed by atoms with E-state index in [4.69, 9.17) is 32.1 Å². The van der Waals surface area contributed by atoms with Crippen LogP contribution in [0, 0.1) is 27.0 Å². The number of methoxy groups -OCH3 is 2. The van der Waals surface area contributed by atoms with Gasteiger partial charge in [-0.15, -0.1) is 0 Å². The molecule has 0 radical (unpaired) electrons. The monoisotopic (exact) mass is 720 g/mol. The summed E-state index contributed by atoms with van der Waals surface area (Å²) in [6.07, 6.45) is 6.31. The highest BCUT2D eigenvalue weighted by Crippen LogP contribution is 2.44. The fourth-order valence-corrected chi connectivity index (χ4v) is 8.12. The Hall–Kier alpha value is -4.97. The van der Waals surface area contributed by atoms with E-state index in [1.807, 2.05) is 50.2 Å². The largest absolute Gasteiger partial charge is 0.497 e. The molecule has 7 rings (SSSR count). The lowest BCUT2D eigenvalue weighted by molar-refractivity contribution is -0.182. The first-order valence-electron chi connectivity index (χ1n) is 18.4. The van der Waals surface area contributed by atoms with Crippen LogP contribution in [0.25, 0.3) is 31.5 Å². The average molecular weight is 721 g/mol. The van der Waals surface area contributed by atoms with Crippen molar-refractivity contribution in [3.8, 4) is 11.5 Å². The lowest BCUT2D eigenvalue weighted by Crippen LogP contribution is -2.42. The Morgan fingerprint density at radius 3 is 1.51 bits per heavy atom. The van der Waals surface area contributed by atoms with Crippen LogP contribution in [0.2, 0.25) is 0 Å². The van der Waals surface area contributed by atoms with Gasteiger partial charge >= 0.3 is 0 Å². The molecule has 2 aromatic carbocycles. The molecule has 53 heavy (non-hydrogen) atoms. The van der Waals surface area contributed by atoms with Crippen molar-refractivity contribution in [3.05, 3.63) is 103 Å². The molecule has 11 heteroatoms. The van der Waals surface area contributed by atoms with Crippen LogP contribution in [0.15, 0.2) is 58.1 Å². The molecule has 2 aliphatic carbocycles. The highest BCUT2D eigenvalue weighted by atomic mass is 16.7. The minimum absolute atomic E-state index is 0.0341. The third-order valence-corrected chi connectivity index (χ3v) is 11.6. The van der Waals surface area contributed by atoms with Gasteiger partial charge in [0.05, 0.1) is 38.5 Å². The minimum atomic E-state index is -0.524. The maximum Gasteiger partial charge on any atom is 0.251 e. The van der Waals surface area contributed by atoms with Gasteiger partial charge in [0.1, 0.15) is 17.3 Å². The Labute approximate surface area is 310 Å².